The summed E-state index contributed by atoms with van der Waals surface area (Å²) in [7, 11) is -3.19. The van der Waals surface area contributed by atoms with E-state index in [1.807, 2.05) is 24.3 Å². The molecule has 0 spiro atoms. The summed E-state index contributed by atoms with van der Waals surface area (Å²) in [4.78, 5) is 0. The Balaban J connectivity index is 1.68. The molecular formula is C16H26N2O2S. The molecule has 0 amide bonds. The van der Waals surface area contributed by atoms with Crippen LogP contribution in [0.4, 0.5) is 5.69 Å². The van der Waals surface area contributed by atoms with Crippen molar-refractivity contribution in [3.63, 3.8) is 0 Å². The lowest BCUT2D eigenvalue weighted by molar-refractivity contribution is 0.343. The van der Waals surface area contributed by atoms with Crippen molar-refractivity contribution in [3.8, 4) is 0 Å². The first-order chi connectivity index (χ1) is 10.0. The summed E-state index contributed by atoms with van der Waals surface area (Å²) in [5, 5.41) is 3.54. The van der Waals surface area contributed by atoms with Crippen molar-refractivity contribution in [2.45, 2.75) is 38.5 Å². The quantitative estimate of drug-likeness (QED) is 0.761. The summed E-state index contributed by atoms with van der Waals surface area (Å²) < 4.78 is 24.7. The summed E-state index contributed by atoms with van der Waals surface area (Å²) in [6.07, 6.45) is 9.08. The number of sulfonamides is 1. The third-order valence-corrected chi connectivity index (χ3v) is 4.61. The highest BCUT2D eigenvalue weighted by molar-refractivity contribution is 7.92. The summed E-state index contributed by atoms with van der Waals surface area (Å²) in [5.74, 6) is 0.861. The lowest BCUT2D eigenvalue weighted by atomic mass is 9.89. The Morgan fingerprint density at radius 1 is 1.10 bits per heavy atom. The maximum Gasteiger partial charge on any atom is 0.229 e. The highest BCUT2D eigenvalue weighted by atomic mass is 32.2. The first-order valence-corrected chi connectivity index (χ1v) is 9.69. The van der Waals surface area contributed by atoms with Gasteiger partial charge in [0.05, 0.1) is 6.26 Å². The lowest BCUT2D eigenvalue weighted by Crippen LogP contribution is -2.26. The van der Waals surface area contributed by atoms with E-state index in [9.17, 15) is 8.42 Å². The molecule has 2 rings (SSSR count). The van der Waals surface area contributed by atoms with Crippen molar-refractivity contribution in [1.82, 2.24) is 5.32 Å². The van der Waals surface area contributed by atoms with E-state index in [4.69, 9.17) is 0 Å². The summed E-state index contributed by atoms with van der Waals surface area (Å²) >= 11 is 0. The van der Waals surface area contributed by atoms with Crippen LogP contribution in [0.2, 0.25) is 0 Å². The molecule has 4 nitrogen and oxygen atoms in total. The highest BCUT2D eigenvalue weighted by Gasteiger charge is 2.12. The molecule has 2 N–H and O–H groups in total. The number of hydrogen-bond donors (Lipinski definition) is 2. The van der Waals surface area contributed by atoms with E-state index in [1.54, 1.807) is 0 Å². The van der Waals surface area contributed by atoms with Crippen molar-refractivity contribution in [3.05, 3.63) is 29.8 Å². The van der Waals surface area contributed by atoms with E-state index in [-0.39, 0.29) is 0 Å². The van der Waals surface area contributed by atoms with E-state index < -0.39 is 10.0 Å². The van der Waals surface area contributed by atoms with Crippen LogP contribution in [-0.4, -0.2) is 27.8 Å². The van der Waals surface area contributed by atoms with Gasteiger partial charge in [-0.2, -0.15) is 0 Å². The van der Waals surface area contributed by atoms with Gasteiger partial charge in [-0.3, -0.25) is 4.72 Å². The third-order valence-electron chi connectivity index (χ3n) is 4.01. The van der Waals surface area contributed by atoms with Gasteiger partial charge in [0, 0.05) is 5.69 Å². The second kappa shape index (κ2) is 7.80. The normalized spacial score (nSPS) is 16.8. The van der Waals surface area contributed by atoms with E-state index in [2.05, 4.69) is 10.0 Å². The van der Waals surface area contributed by atoms with Crippen molar-refractivity contribution in [2.75, 3.05) is 24.1 Å². The van der Waals surface area contributed by atoms with E-state index >= 15 is 0 Å². The molecule has 1 aromatic carbocycles. The van der Waals surface area contributed by atoms with Crippen LogP contribution in [0.15, 0.2) is 24.3 Å². The molecular weight excluding hydrogens is 284 g/mol. The minimum absolute atomic E-state index is 0.622. The van der Waals surface area contributed by atoms with Crippen molar-refractivity contribution in [2.24, 2.45) is 5.92 Å². The number of hydrogen-bond acceptors (Lipinski definition) is 3. The Morgan fingerprint density at radius 3 is 2.38 bits per heavy atom. The fraction of sp³-hybridized carbons (Fsp3) is 0.625. The molecule has 1 fully saturated rings. The molecule has 1 aliphatic rings. The molecule has 1 saturated carbocycles. The standard InChI is InChI=1S/C16H26N2O2S/c1-21(19,20)18-16-9-7-14(8-10-16)11-12-17-13-15-5-3-2-4-6-15/h7-10,15,17-18H,2-6,11-13H2,1H3. The minimum Gasteiger partial charge on any atom is -0.316 e. The zero-order chi connectivity index (χ0) is 15.1. The molecule has 0 atom stereocenters. The van der Waals surface area contributed by atoms with Gasteiger partial charge >= 0.3 is 0 Å². The molecule has 0 aliphatic heterocycles. The average molecular weight is 310 g/mol. The van der Waals surface area contributed by atoms with E-state index in [1.165, 1.54) is 37.7 Å². The summed E-state index contributed by atoms with van der Waals surface area (Å²) in [6.45, 7) is 2.11. The van der Waals surface area contributed by atoms with Crippen molar-refractivity contribution < 1.29 is 8.42 Å². The molecule has 0 heterocycles. The first-order valence-electron chi connectivity index (χ1n) is 7.80. The third kappa shape index (κ3) is 6.48. The van der Waals surface area contributed by atoms with Gasteiger partial charge in [0.1, 0.15) is 0 Å². The minimum atomic E-state index is -3.19. The fourth-order valence-electron chi connectivity index (χ4n) is 2.88. The molecule has 118 valence electrons. The number of anilines is 1. The predicted octanol–water partition coefficient (Wildman–Crippen LogP) is 2.77. The average Bonchev–Trinajstić information content (AvgIpc) is 2.45. The van der Waals surface area contributed by atoms with Crippen LogP contribution in [0, 0.1) is 5.92 Å². The van der Waals surface area contributed by atoms with Gasteiger partial charge in [-0.15, -0.1) is 0 Å². The van der Waals surface area contributed by atoms with Gasteiger partial charge in [-0.25, -0.2) is 8.42 Å². The molecule has 1 aromatic rings. The van der Waals surface area contributed by atoms with Crippen LogP contribution in [0.25, 0.3) is 0 Å². The Bertz CT molecular complexity index is 520. The molecule has 0 saturated heterocycles. The van der Waals surface area contributed by atoms with Crippen LogP contribution in [0.5, 0.6) is 0 Å². The Kier molecular flexibility index (Phi) is 6.06. The van der Waals surface area contributed by atoms with Crippen LogP contribution in [0.3, 0.4) is 0 Å². The van der Waals surface area contributed by atoms with Gasteiger partial charge in [-0.05, 0) is 56.0 Å². The number of benzene rings is 1. The molecule has 0 aromatic heterocycles. The van der Waals surface area contributed by atoms with Gasteiger partial charge in [0.2, 0.25) is 10.0 Å². The Morgan fingerprint density at radius 2 is 1.76 bits per heavy atom. The summed E-state index contributed by atoms with van der Waals surface area (Å²) in [5.41, 5.74) is 1.85. The maximum atomic E-state index is 11.1. The molecule has 1 aliphatic carbocycles. The van der Waals surface area contributed by atoms with Gasteiger partial charge in [-0.1, -0.05) is 31.4 Å². The van der Waals surface area contributed by atoms with Crippen LogP contribution in [0.1, 0.15) is 37.7 Å². The fourth-order valence-corrected chi connectivity index (χ4v) is 3.45. The van der Waals surface area contributed by atoms with Crippen LogP contribution in [-0.2, 0) is 16.4 Å². The number of rotatable bonds is 7. The molecule has 0 radical (unpaired) electrons. The topological polar surface area (TPSA) is 58.2 Å². The maximum absolute atomic E-state index is 11.1. The zero-order valence-electron chi connectivity index (χ0n) is 12.8. The number of nitrogens with one attached hydrogen (secondary N) is 2. The highest BCUT2D eigenvalue weighted by Crippen LogP contribution is 2.22. The van der Waals surface area contributed by atoms with E-state index in [0.29, 0.717) is 5.69 Å². The Labute approximate surface area is 128 Å². The molecule has 21 heavy (non-hydrogen) atoms. The van der Waals surface area contributed by atoms with Gasteiger partial charge in [0.15, 0.2) is 0 Å². The first kappa shape index (κ1) is 16.3. The zero-order valence-corrected chi connectivity index (χ0v) is 13.6. The summed E-state index contributed by atoms with van der Waals surface area (Å²) in [6, 6.07) is 7.60. The Hall–Kier alpha value is -1.07. The smallest absolute Gasteiger partial charge is 0.229 e. The van der Waals surface area contributed by atoms with Gasteiger partial charge in [0.25, 0.3) is 0 Å². The molecule has 0 bridgehead atoms. The van der Waals surface area contributed by atoms with Crippen molar-refractivity contribution in [1.29, 1.82) is 0 Å². The second-order valence-corrected chi connectivity index (χ2v) is 7.78. The molecule has 5 heteroatoms. The SMILES string of the molecule is CS(=O)(=O)Nc1ccc(CCNCC2CCCCC2)cc1. The van der Waals surface area contributed by atoms with Crippen LogP contribution < -0.4 is 10.0 Å². The molecule has 0 unspecified atom stereocenters. The largest absolute Gasteiger partial charge is 0.316 e. The predicted molar refractivity (Wildman–Crippen MR) is 88.1 cm³/mol. The van der Waals surface area contributed by atoms with E-state index in [0.717, 1.165) is 31.7 Å². The van der Waals surface area contributed by atoms with Crippen LogP contribution >= 0.6 is 0 Å². The van der Waals surface area contributed by atoms with Crippen molar-refractivity contribution >= 4 is 15.7 Å². The lowest BCUT2D eigenvalue weighted by Gasteiger charge is -2.21. The second-order valence-electron chi connectivity index (χ2n) is 6.03. The van der Waals surface area contributed by atoms with Gasteiger partial charge < -0.3 is 5.32 Å². The monoisotopic (exact) mass is 310 g/mol.